The second-order valence-electron chi connectivity index (χ2n) is 9.70. The number of nitrogens with two attached hydrogens (primary N) is 1. The summed E-state index contributed by atoms with van der Waals surface area (Å²) in [5.41, 5.74) is 15.3. The van der Waals surface area contributed by atoms with E-state index >= 15 is 0 Å². The Kier molecular flexibility index (Phi) is 5.50. The van der Waals surface area contributed by atoms with Gasteiger partial charge in [0.2, 0.25) is 0 Å². The summed E-state index contributed by atoms with van der Waals surface area (Å²) in [4.78, 5) is 0. The molecule has 0 aliphatic heterocycles. The molecule has 0 amide bonds. The van der Waals surface area contributed by atoms with Crippen molar-refractivity contribution in [3.8, 4) is 22.3 Å². The molecule has 3 rings (SSSR count). The van der Waals surface area contributed by atoms with Crippen molar-refractivity contribution in [1.29, 1.82) is 0 Å². The number of hydrogen-bond donors (Lipinski definition) is 1. The molecular weight excluding hydrogens is 338 g/mol. The molecule has 0 bridgehead atoms. The van der Waals surface area contributed by atoms with Crippen LogP contribution in [-0.2, 0) is 17.4 Å². The van der Waals surface area contributed by atoms with E-state index in [9.17, 15) is 0 Å². The molecule has 0 aliphatic rings. The molecule has 0 fully saturated rings. The van der Waals surface area contributed by atoms with Crippen molar-refractivity contribution in [3.05, 3.63) is 83.4 Å². The zero-order valence-electron chi connectivity index (χ0n) is 18.1. The van der Waals surface area contributed by atoms with Gasteiger partial charge in [0.05, 0.1) is 0 Å². The van der Waals surface area contributed by atoms with E-state index in [1.54, 1.807) is 0 Å². The van der Waals surface area contributed by atoms with Gasteiger partial charge in [0.25, 0.3) is 0 Å². The maximum absolute atomic E-state index is 6.13. The van der Waals surface area contributed by atoms with Gasteiger partial charge in [0.1, 0.15) is 0 Å². The lowest BCUT2D eigenvalue weighted by Crippen LogP contribution is -2.20. The first-order valence-corrected chi connectivity index (χ1v) is 10.1. The second kappa shape index (κ2) is 7.56. The van der Waals surface area contributed by atoms with Crippen LogP contribution in [0.4, 0.5) is 0 Å². The summed E-state index contributed by atoms with van der Waals surface area (Å²) < 4.78 is 0. The molecule has 1 nitrogen and oxygen atoms in total. The molecule has 0 radical (unpaired) electrons. The van der Waals surface area contributed by atoms with Crippen LogP contribution in [0.3, 0.4) is 0 Å². The molecule has 3 aromatic carbocycles. The minimum absolute atomic E-state index is 0.0494. The Hall–Kier alpha value is -2.38. The maximum atomic E-state index is 6.13. The minimum atomic E-state index is 0.0494. The Morgan fingerprint density at radius 3 is 1.61 bits per heavy atom. The van der Waals surface area contributed by atoms with Gasteiger partial charge in [-0.15, -0.1) is 0 Å². The highest BCUT2D eigenvalue weighted by molar-refractivity contribution is 5.74. The largest absolute Gasteiger partial charge is 0.326 e. The smallest absolute Gasteiger partial charge is 0.0181 e. The fourth-order valence-corrected chi connectivity index (χ4v) is 3.84. The topological polar surface area (TPSA) is 26.0 Å². The first-order chi connectivity index (χ1) is 13.1. The molecule has 3 aromatic rings. The van der Waals surface area contributed by atoms with Crippen molar-refractivity contribution in [1.82, 2.24) is 0 Å². The summed E-state index contributed by atoms with van der Waals surface area (Å²) in [5.74, 6) is 0. The maximum Gasteiger partial charge on any atom is 0.0181 e. The minimum Gasteiger partial charge on any atom is -0.326 e. The van der Waals surface area contributed by atoms with E-state index in [0.717, 1.165) is 0 Å². The molecule has 0 aromatic heterocycles. The van der Waals surface area contributed by atoms with Gasteiger partial charge in [-0.2, -0.15) is 0 Å². The molecule has 146 valence electrons. The summed E-state index contributed by atoms with van der Waals surface area (Å²) in [5, 5.41) is 0. The van der Waals surface area contributed by atoms with Crippen molar-refractivity contribution in [2.75, 3.05) is 0 Å². The summed E-state index contributed by atoms with van der Waals surface area (Å²) in [6, 6.07) is 24.2. The zero-order valence-corrected chi connectivity index (χ0v) is 18.1. The average molecular weight is 372 g/mol. The fourth-order valence-electron chi connectivity index (χ4n) is 3.84. The van der Waals surface area contributed by atoms with Gasteiger partial charge in [-0.25, -0.2) is 0 Å². The molecule has 2 N–H and O–H groups in total. The van der Waals surface area contributed by atoms with Crippen molar-refractivity contribution in [2.24, 2.45) is 5.73 Å². The Labute approximate surface area is 170 Å². The number of rotatable bonds is 3. The van der Waals surface area contributed by atoms with E-state index in [2.05, 4.69) is 108 Å². The molecule has 0 atom stereocenters. The highest BCUT2D eigenvalue weighted by Gasteiger charge is 2.25. The Bertz CT molecular complexity index is 937. The number of benzene rings is 3. The Morgan fingerprint density at radius 2 is 1.11 bits per heavy atom. The van der Waals surface area contributed by atoms with Crippen molar-refractivity contribution in [2.45, 2.75) is 58.9 Å². The van der Waals surface area contributed by atoms with E-state index in [1.807, 2.05) is 0 Å². The number of hydrogen-bond acceptors (Lipinski definition) is 1. The lowest BCUT2D eigenvalue weighted by Gasteiger charge is -2.29. The summed E-state index contributed by atoms with van der Waals surface area (Å²) in [7, 11) is 0. The molecule has 0 spiro atoms. The van der Waals surface area contributed by atoms with Crippen LogP contribution in [0.2, 0.25) is 0 Å². The standard InChI is InChI=1S/C27H33N/c1-26(2,3)24-17-23(25(27(4,5)6)16-22(24)18-28)21-14-12-20(13-15-21)19-10-8-7-9-11-19/h7-17H,18,28H2,1-6H3. The highest BCUT2D eigenvalue weighted by atomic mass is 14.5. The SMILES string of the molecule is CC(C)(C)c1cc(-c2ccc(-c3ccccc3)cc2)c(C(C)(C)C)cc1CN. The van der Waals surface area contributed by atoms with Crippen molar-refractivity contribution >= 4 is 0 Å². The van der Waals surface area contributed by atoms with E-state index < -0.39 is 0 Å². The highest BCUT2D eigenvalue weighted by Crippen LogP contribution is 2.39. The Morgan fingerprint density at radius 1 is 0.607 bits per heavy atom. The average Bonchev–Trinajstić information content (AvgIpc) is 2.66. The zero-order chi connectivity index (χ0) is 20.5. The van der Waals surface area contributed by atoms with E-state index in [4.69, 9.17) is 5.73 Å². The molecule has 0 saturated carbocycles. The second-order valence-corrected chi connectivity index (χ2v) is 9.70. The lowest BCUT2D eigenvalue weighted by molar-refractivity contribution is 0.571. The van der Waals surface area contributed by atoms with Gasteiger partial charge < -0.3 is 5.73 Å². The molecule has 0 saturated heterocycles. The lowest BCUT2D eigenvalue weighted by atomic mass is 9.75. The van der Waals surface area contributed by atoms with Crippen LogP contribution >= 0.6 is 0 Å². The molecule has 0 unspecified atom stereocenters. The van der Waals surface area contributed by atoms with Gasteiger partial charge in [0, 0.05) is 6.54 Å². The Balaban J connectivity index is 2.17. The first kappa shape index (κ1) is 20.4. The van der Waals surface area contributed by atoms with Crippen LogP contribution in [-0.4, -0.2) is 0 Å². The molecule has 28 heavy (non-hydrogen) atoms. The first-order valence-electron chi connectivity index (χ1n) is 10.1. The van der Waals surface area contributed by atoms with Crippen LogP contribution in [0.5, 0.6) is 0 Å². The van der Waals surface area contributed by atoms with Gasteiger partial charge in [-0.1, -0.05) is 108 Å². The van der Waals surface area contributed by atoms with Crippen molar-refractivity contribution in [3.63, 3.8) is 0 Å². The molecule has 0 aliphatic carbocycles. The van der Waals surface area contributed by atoms with E-state index in [-0.39, 0.29) is 10.8 Å². The quantitative estimate of drug-likeness (QED) is 0.523. The predicted molar refractivity (Wildman–Crippen MR) is 123 cm³/mol. The van der Waals surface area contributed by atoms with Crippen LogP contribution in [0.1, 0.15) is 58.2 Å². The van der Waals surface area contributed by atoms with Crippen LogP contribution < -0.4 is 5.73 Å². The third-order valence-electron chi connectivity index (χ3n) is 5.38. The van der Waals surface area contributed by atoms with Gasteiger partial charge in [-0.3, -0.25) is 0 Å². The predicted octanol–water partition coefficient (Wildman–Crippen LogP) is 7.07. The third-order valence-corrected chi connectivity index (χ3v) is 5.38. The van der Waals surface area contributed by atoms with Crippen LogP contribution in [0, 0.1) is 0 Å². The molecule has 0 heterocycles. The summed E-state index contributed by atoms with van der Waals surface area (Å²) in [6.45, 7) is 14.2. The van der Waals surface area contributed by atoms with Crippen LogP contribution in [0.25, 0.3) is 22.3 Å². The summed E-state index contributed by atoms with van der Waals surface area (Å²) >= 11 is 0. The molecular formula is C27H33N. The monoisotopic (exact) mass is 371 g/mol. The summed E-state index contributed by atoms with van der Waals surface area (Å²) in [6.07, 6.45) is 0. The van der Waals surface area contributed by atoms with E-state index in [1.165, 1.54) is 38.9 Å². The third kappa shape index (κ3) is 4.20. The van der Waals surface area contributed by atoms with Gasteiger partial charge in [0.15, 0.2) is 0 Å². The van der Waals surface area contributed by atoms with Crippen molar-refractivity contribution < 1.29 is 0 Å². The fraction of sp³-hybridized carbons (Fsp3) is 0.333. The van der Waals surface area contributed by atoms with Gasteiger partial charge >= 0.3 is 0 Å². The normalized spacial score (nSPS) is 12.2. The van der Waals surface area contributed by atoms with E-state index in [0.29, 0.717) is 6.54 Å². The molecule has 1 heteroatoms. The van der Waals surface area contributed by atoms with Crippen LogP contribution in [0.15, 0.2) is 66.7 Å². The van der Waals surface area contributed by atoms with Gasteiger partial charge in [-0.05, 0) is 49.8 Å².